The Balaban J connectivity index is 1.71. The van der Waals surface area contributed by atoms with Gasteiger partial charge in [-0.05, 0) is 31.0 Å². The average molecular weight is 308 g/mol. The van der Waals surface area contributed by atoms with Crippen LogP contribution in [-0.4, -0.2) is 22.1 Å². The SMILES string of the molecule is CC(Cc1ccc(Br)cc1)NCCn1ccnc1. The van der Waals surface area contributed by atoms with Gasteiger partial charge in [-0.2, -0.15) is 0 Å². The molecule has 1 atom stereocenters. The zero-order valence-electron chi connectivity index (χ0n) is 10.5. The highest BCUT2D eigenvalue weighted by molar-refractivity contribution is 9.10. The molecule has 0 aliphatic rings. The van der Waals surface area contributed by atoms with Crippen LogP contribution < -0.4 is 5.32 Å². The normalized spacial score (nSPS) is 12.6. The zero-order valence-corrected chi connectivity index (χ0v) is 12.1. The predicted octanol–water partition coefficient (Wildman–Crippen LogP) is 2.87. The van der Waals surface area contributed by atoms with Gasteiger partial charge in [0.15, 0.2) is 0 Å². The van der Waals surface area contributed by atoms with Crippen LogP contribution in [0.15, 0.2) is 47.5 Å². The van der Waals surface area contributed by atoms with E-state index < -0.39 is 0 Å². The Bertz CT molecular complexity index is 450. The second kappa shape index (κ2) is 6.71. The maximum Gasteiger partial charge on any atom is 0.0946 e. The van der Waals surface area contributed by atoms with E-state index in [0.29, 0.717) is 6.04 Å². The van der Waals surface area contributed by atoms with Crippen LogP contribution in [0.3, 0.4) is 0 Å². The minimum Gasteiger partial charge on any atom is -0.336 e. The summed E-state index contributed by atoms with van der Waals surface area (Å²) in [6.07, 6.45) is 6.70. The molecule has 1 aromatic heterocycles. The van der Waals surface area contributed by atoms with Crippen molar-refractivity contribution < 1.29 is 0 Å². The molecule has 1 aromatic carbocycles. The second-order valence-corrected chi connectivity index (χ2v) is 5.40. The lowest BCUT2D eigenvalue weighted by Crippen LogP contribution is -2.30. The molecule has 2 aromatic rings. The van der Waals surface area contributed by atoms with E-state index in [1.54, 1.807) is 0 Å². The predicted molar refractivity (Wildman–Crippen MR) is 77.5 cm³/mol. The van der Waals surface area contributed by atoms with E-state index in [-0.39, 0.29) is 0 Å². The number of rotatable bonds is 6. The topological polar surface area (TPSA) is 29.9 Å². The summed E-state index contributed by atoms with van der Waals surface area (Å²) in [4.78, 5) is 4.03. The van der Waals surface area contributed by atoms with Gasteiger partial charge >= 0.3 is 0 Å². The average Bonchev–Trinajstić information content (AvgIpc) is 2.85. The lowest BCUT2D eigenvalue weighted by molar-refractivity contribution is 0.512. The van der Waals surface area contributed by atoms with Crippen molar-refractivity contribution in [3.8, 4) is 0 Å². The third-order valence-corrected chi connectivity index (χ3v) is 3.41. The van der Waals surface area contributed by atoms with E-state index in [1.807, 2.05) is 18.7 Å². The first-order valence-electron chi connectivity index (χ1n) is 6.17. The summed E-state index contributed by atoms with van der Waals surface area (Å²) in [7, 11) is 0. The fourth-order valence-corrected chi connectivity index (χ4v) is 2.17. The van der Waals surface area contributed by atoms with Crippen LogP contribution >= 0.6 is 15.9 Å². The van der Waals surface area contributed by atoms with Gasteiger partial charge in [0.05, 0.1) is 6.33 Å². The number of halogens is 1. The molecule has 18 heavy (non-hydrogen) atoms. The van der Waals surface area contributed by atoms with Gasteiger partial charge in [0.2, 0.25) is 0 Å². The van der Waals surface area contributed by atoms with Crippen molar-refractivity contribution in [1.82, 2.24) is 14.9 Å². The number of imidazole rings is 1. The molecule has 1 heterocycles. The Morgan fingerprint density at radius 1 is 1.33 bits per heavy atom. The quantitative estimate of drug-likeness (QED) is 0.889. The molecule has 0 amide bonds. The van der Waals surface area contributed by atoms with E-state index >= 15 is 0 Å². The highest BCUT2D eigenvalue weighted by atomic mass is 79.9. The molecular formula is C14H18BrN3. The van der Waals surface area contributed by atoms with Crippen molar-refractivity contribution in [3.63, 3.8) is 0 Å². The summed E-state index contributed by atoms with van der Waals surface area (Å²) in [5.41, 5.74) is 1.36. The summed E-state index contributed by atoms with van der Waals surface area (Å²) < 4.78 is 3.21. The molecule has 0 saturated carbocycles. The summed E-state index contributed by atoms with van der Waals surface area (Å²) in [5.74, 6) is 0. The van der Waals surface area contributed by atoms with Crippen LogP contribution in [0.25, 0.3) is 0 Å². The van der Waals surface area contributed by atoms with Crippen molar-refractivity contribution in [2.24, 2.45) is 0 Å². The lowest BCUT2D eigenvalue weighted by Gasteiger charge is -2.14. The number of benzene rings is 1. The van der Waals surface area contributed by atoms with Gasteiger partial charge in [-0.1, -0.05) is 28.1 Å². The molecule has 96 valence electrons. The molecule has 0 fully saturated rings. The van der Waals surface area contributed by atoms with Gasteiger partial charge in [-0.25, -0.2) is 4.98 Å². The number of hydrogen-bond acceptors (Lipinski definition) is 2. The molecule has 3 nitrogen and oxygen atoms in total. The molecular weight excluding hydrogens is 290 g/mol. The first-order valence-corrected chi connectivity index (χ1v) is 6.97. The molecule has 0 spiro atoms. The molecule has 2 rings (SSSR count). The highest BCUT2D eigenvalue weighted by Crippen LogP contribution is 2.11. The standard InChI is InChI=1S/C14H18BrN3/c1-12(10-13-2-4-14(15)5-3-13)17-7-9-18-8-6-16-11-18/h2-6,8,11-12,17H,7,9-10H2,1H3. The van der Waals surface area contributed by atoms with E-state index in [2.05, 4.69) is 62.0 Å². The molecule has 0 saturated heterocycles. The van der Waals surface area contributed by atoms with Crippen molar-refractivity contribution in [1.29, 1.82) is 0 Å². The molecule has 1 unspecified atom stereocenters. The van der Waals surface area contributed by atoms with Gasteiger partial charge in [0.1, 0.15) is 0 Å². The molecule has 1 N–H and O–H groups in total. The van der Waals surface area contributed by atoms with E-state index in [4.69, 9.17) is 0 Å². The molecule has 0 aliphatic heterocycles. The number of hydrogen-bond donors (Lipinski definition) is 1. The Morgan fingerprint density at radius 2 is 2.11 bits per heavy atom. The van der Waals surface area contributed by atoms with Gasteiger partial charge in [0, 0.05) is 36.0 Å². The van der Waals surface area contributed by atoms with Crippen molar-refractivity contribution in [2.75, 3.05) is 6.54 Å². The Labute approximate surface area is 116 Å². The Hall–Kier alpha value is -1.13. The van der Waals surface area contributed by atoms with Crippen LogP contribution in [0.2, 0.25) is 0 Å². The number of aromatic nitrogens is 2. The molecule has 4 heteroatoms. The minimum absolute atomic E-state index is 0.481. The maximum absolute atomic E-state index is 4.03. The number of nitrogens with zero attached hydrogens (tertiary/aromatic N) is 2. The van der Waals surface area contributed by atoms with Crippen LogP contribution in [-0.2, 0) is 13.0 Å². The first kappa shape index (κ1) is 13.3. The van der Waals surface area contributed by atoms with Crippen LogP contribution in [0.4, 0.5) is 0 Å². The zero-order chi connectivity index (χ0) is 12.8. The van der Waals surface area contributed by atoms with Crippen molar-refractivity contribution in [2.45, 2.75) is 25.9 Å². The Kier molecular flexibility index (Phi) is 4.96. The van der Waals surface area contributed by atoms with Crippen LogP contribution in [0, 0.1) is 0 Å². The first-order chi connectivity index (χ1) is 8.74. The minimum atomic E-state index is 0.481. The van der Waals surface area contributed by atoms with Gasteiger partial charge in [-0.15, -0.1) is 0 Å². The van der Waals surface area contributed by atoms with Crippen molar-refractivity contribution in [3.05, 3.63) is 53.0 Å². The third kappa shape index (κ3) is 4.27. The van der Waals surface area contributed by atoms with E-state index in [9.17, 15) is 0 Å². The highest BCUT2D eigenvalue weighted by Gasteiger charge is 2.02. The van der Waals surface area contributed by atoms with Gasteiger partial charge in [-0.3, -0.25) is 0 Å². The van der Waals surface area contributed by atoms with E-state index in [1.165, 1.54) is 5.56 Å². The van der Waals surface area contributed by atoms with E-state index in [0.717, 1.165) is 24.0 Å². The summed E-state index contributed by atoms with van der Waals surface area (Å²) >= 11 is 3.45. The summed E-state index contributed by atoms with van der Waals surface area (Å²) in [6, 6.07) is 8.99. The van der Waals surface area contributed by atoms with Crippen LogP contribution in [0.5, 0.6) is 0 Å². The Morgan fingerprint density at radius 3 is 2.78 bits per heavy atom. The molecule has 0 aliphatic carbocycles. The van der Waals surface area contributed by atoms with Gasteiger partial charge in [0.25, 0.3) is 0 Å². The monoisotopic (exact) mass is 307 g/mol. The third-order valence-electron chi connectivity index (χ3n) is 2.88. The lowest BCUT2D eigenvalue weighted by atomic mass is 10.1. The fraction of sp³-hybridized carbons (Fsp3) is 0.357. The largest absolute Gasteiger partial charge is 0.336 e. The smallest absolute Gasteiger partial charge is 0.0946 e. The number of nitrogens with one attached hydrogen (secondary N) is 1. The second-order valence-electron chi connectivity index (χ2n) is 4.49. The van der Waals surface area contributed by atoms with Crippen LogP contribution in [0.1, 0.15) is 12.5 Å². The molecule has 0 radical (unpaired) electrons. The fourth-order valence-electron chi connectivity index (χ4n) is 1.91. The van der Waals surface area contributed by atoms with Crippen molar-refractivity contribution >= 4 is 15.9 Å². The molecule has 0 bridgehead atoms. The maximum atomic E-state index is 4.03. The van der Waals surface area contributed by atoms with Gasteiger partial charge < -0.3 is 9.88 Å². The summed E-state index contributed by atoms with van der Waals surface area (Å²) in [5, 5.41) is 3.52. The summed E-state index contributed by atoms with van der Waals surface area (Å²) in [6.45, 7) is 4.15.